The molecule has 1 aliphatic carbocycles. The topological polar surface area (TPSA) is 52.7 Å². The number of allylic oxidation sites excluding steroid dienone is 2. The third-order valence-electron chi connectivity index (χ3n) is 9.22. The van der Waals surface area contributed by atoms with Crippen LogP contribution < -0.4 is 10.2 Å². The molecular formula is C37H39F2N3O2. The number of rotatable bonds is 9. The maximum atomic E-state index is 13.9. The fourth-order valence-corrected chi connectivity index (χ4v) is 6.86. The zero-order valence-electron chi connectivity index (χ0n) is 24.9. The molecule has 2 aliphatic heterocycles. The van der Waals surface area contributed by atoms with Crippen LogP contribution in [0.1, 0.15) is 62.0 Å². The van der Waals surface area contributed by atoms with Gasteiger partial charge in [-0.2, -0.15) is 0 Å². The highest BCUT2D eigenvalue weighted by Crippen LogP contribution is 2.37. The summed E-state index contributed by atoms with van der Waals surface area (Å²) in [5.74, 6) is -0.365. The molecular weight excluding hydrogens is 556 g/mol. The van der Waals surface area contributed by atoms with Crippen molar-refractivity contribution in [2.45, 2.75) is 56.9 Å². The lowest BCUT2D eigenvalue weighted by atomic mass is 9.87. The lowest BCUT2D eigenvalue weighted by Gasteiger charge is -2.39. The van der Waals surface area contributed by atoms with Crippen molar-refractivity contribution >= 4 is 23.2 Å². The highest BCUT2D eigenvalue weighted by molar-refractivity contribution is 6.13. The molecule has 44 heavy (non-hydrogen) atoms. The quantitative estimate of drug-likeness (QED) is 0.277. The number of para-hydroxylation sites is 2. The smallest absolute Gasteiger partial charge is 0.252 e. The Balaban J connectivity index is 1.06. The van der Waals surface area contributed by atoms with Gasteiger partial charge in [0.05, 0.1) is 11.4 Å². The lowest BCUT2D eigenvalue weighted by molar-refractivity contribution is -0.124. The molecule has 228 valence electrons. The second-order valence-electron chi connectivity index (χ2n) is 12.1. The molecule has 2 heterocycles. The minimum Gasteiger partial charge on any atom is -0.322 e. The zero-order valence-corrected chi connectivity index (χ0v) is 24.9. The number of nitrogens with one attached hydrogen (secondary N) is 1. The van der Waals surface area contributed by atoms with Gasteiger partial charge in [0.1, 0.15) is 17.7 Å². The number of carbonyl (C=O) groups is 2. The van der Waals surface area contributed by atoms with Crippen molar-refractivity contribution in [1.82, 2.24) is 4.90 Å². The summed E-state index contributed by atoms with van der Waals surface area (Å²) in [5, 5.41) is 3.01. The van der Waals surface area contributed by atoms with Gasteiger partial charge in [0.25, 0.3) is 5.91 Å². The van der Waals surface area contributed by atoms with Crippen molar-refractivity contribution in [1.29, 1.82) is 0 Å². The van der Waals surface area contributed by atoms with Crippen molar-refractivity contribution in [2.24, 2.45) is 5.92 Å². The van der Waals surface area contributed by atoms with Crippen LogP contribution in [0.15, 0.2) is 96.6 Å². The zero-order chi connectivity index (χ0) is 30.5. The molecule has 3 aliphatic rings. The number of nitrogens with zero attached hydrogens (tertiary/aromatic N) is 2. The Morgan fingerprint density at radius 3 is 2.18 bits per heavy atom. The third-order valence-corrected chi connectivity index (χ3v) is 9.22. The van der Waals surface area contributed by atoms with Crippen LogP contribution in [0.4, 0.5) is 20.2 Å². The van der Waals surface area contributed by atoms with Crippen LogP contribution in [0.2, 0.25) is 0 Å². The summed E-state index contributed by atoms with van der Waals surface area (Å²) in [6.07, 6.45) is 12.0. The molecule has 6 rings (SSSR count). The molecule has 5 nitrogen and oxygen atoms in total. The first-order valence-corrected chi connectivity index (χ1v) is 15.8. The highest BCUT2D eigenvalue weighted by atomic mass is 19.1. The van der Waals surface area contributed by atoms with E-state index in [1.165, 1.54) is 24.3 Å². The monoisotopic (exact) mass is 595 g/mol. The molecule has 0 spiro atoms. The van der Waals surface area contributed by atoms with E-state index < -0.39 is 6.04 Å². The average Bonchev–Trinajstić information content (AvgIpc) is 3.05. The molecule has 1 N–H and O–H groups in total. The standard InChI is InChI=1S/C37H39F2N3O2/c38-30-16-12-27(13-17-30)32(28-14-18-31(39)19-15-28)9-6-22-41-23-20-26(21-24-41)25-35(43)42-34-11-5-4-10-33(34)40-37(44)36(42)29-7-2-1-3-8-29/h2,4-5,7-8,10-19,26,32,36H,1,3,6,9,20-25H2,(H,40,44). The van der Waals surface area contributed by atoms with E-state index in [4.69, 9.17) is 0 Å². The van der Waals surface area contributed by atoms with Gasteiger partial charge in [-0.3, -0.25) is 14.5 Å². The van der Waals surface area contributed by atoms with Gasteiger partial charge in [-0.25, -0.2) is 8.78 Å². The van der Waals surface area contributed by atoms with Crippen molar-refractivity contribution < 1.29 is 18.4 Å². The van der Waals surface area contributed by atoms with Gasteiger partial charge in [0.2, 0.25) is 5.91 Å². The number of anilines is 2. The van der Waals surface area contributed by atoms with Crippen molar-refractivity contribution in [3.63, 3.8) is 0 Å². The molecule has 3 aromatic carbocycles. The number of hydrogen-bond acceptors (Lipinski definition) is 3. The van der Waals surface area contributed by atoms with Gasteiger partial charge in [-0.1, -0.05) is 54.6 Å². The molecule has 2 amide bonds. The van der Waals surface area contributed by atoms with E-state index in [0.717, 1.165) is 80.5 Å². The second kappa shape index (κ2) is 13.7. The van der Waals surface area contributed by atoms with E-state index in [1.54, 1.807) is 4.90 Å². The number of likely N-dealkylation sites (tertiary alicyclic amines) is 1. The summed E-state index contributed by atoms with van der Waals surface area (Å²) in [7, 11) is 0. The molecule has 1 fully saturated rings. The van der Waals surface area contributed by atoms with Crippen LogP contribution in [0, 0.1) is 17.6 Å². The van der Waals surface area contributed by atoms with Gasteiger partial charge < -0.3 is 10.2 Å². The fraction of sp³-hybridized carbons (Fsp3) is 0.351. The third kappa shape index (κ3) is 6.83. The summed E-state index contributed by atoms with van der Waals surface area (Å²) in [4.78, 5) is 31.3. The molecule has 7 heteroatoms. The second-order valence-corrected chi connectivity index (χ2v) is 12.1. The number of hydrogen-bond donors (Lipinski definition) is 1. The molecule has 0 aromatic heterocycles. The van der Waals surface area contributed by atoms with Crippen LogP contribution in [-0.4, -0.2) is 42.4 Å². The largest absolute Gasteiger partial charge is 0.322 e. The number of halogens is 2. The Kier molecular flexibility index (Phi) is 9.31. The van der Waals surface area contributed by atoms with Gasteiger partial charge in [-0.15, -0.1) is 0 Å². The van der Waals surface area contributed by atoms with Crippen LogP contribution in [0.3, 0.4) is 0 Å². The highest BCUT2D eigenvalue weighted by Gasteiger charge is 2.39. The molecule has 0 saturated carbocycles. The predicted octanol–water partition coefficient (Wildman–Crippen LogP) is 7.61. The Morgan fingerprint density at radius 2 is 1.55 bits per heavy atom. The SMILES string of the molecule is O=C1Nc2ccccc2N(C(=O)CC2CCN(CCCC(c3ccc(F)cc3)c3ccc(F)cc3)CC2)C1C1=CCCC=C1. The lowest BCUT2D eigenvalue weighted by Crippen LogP contribution is -2.52. The average molecular weight is 596 g/mol. The molecule has 0 bridgehead atoms. The van der Waals surface area contributed by atoms with Gasteiger partial charge in [-0.05, 0) is 117 Å². The van der Waals surface area contributed by atoms with E-state index in [-0.39, 0.29) is 35.3 Å². The molecule has 3 aromatic rings. The number of benzene rings is 3. The fourth-order valence-electron chi connectivity index (χ4n) is 6.86. The molecule has 0 radical (unpaired) electrons. The minimum atomic E-state index is -0.649. The minimum absolute atomic E-state index is 0.00272. The number of piperidine rings is 1. The Bertz CT molecular complexity index is 1480. The van der Waals surface area contributed by atoms with E-state index in [9.17, 15) is 18.4 Å². The van der Waals surface area contributed by atoms with Gasteiger partial charge in [0, 0.05) is 12.3 Å². The number of carbonyl (C=O) groups excluding carboxylic acids is 2. The molecule has 1 atom stereocenters. The Labute approximate surface area is 258 Å². The molecule has 1 unspecified atom stereocenters. The Morgan fingerprint density at radius 1 is 0.886 bits per heavy atom. The van der Waals surface area contributed by atoms with Gasteiger partial charge >= 0.3 is 0 Å². The van der Waals surface area contributed by atoms with Gasteiger partial charge in [0.15, 0.2) is 0 Å². The predicted molar refractivity (Wildman–Crippen MR) is 170 cm³/mol. The van der Waals surface area contributed by atoms with Crippen molar-refractivity contribution in [3.8, 4) is 0 Å². The summed E-state index contributed by atoms with van der Waals surface area (Å²) in [6.45, 7) is 2.77. The number of amides is 2. The van der Waals surface area contributed by atoms with Crippen LogP contribution >= 0.6 is 0 Å². The summed E-state index contributed by atoms with van der Waals surface area (Å²) in [6, 6.07) is 20.1. The summed E-state index contributed by atoms with van der Waals surface area (Å²) < 4.78 is 27.2. The van der Waals surface area contributed by atoms with E-state index in [2.05, 4.69) is 22.4 Å². The Hall–Kier alpha value is -4.10. The van der Waals surface area contributed by atoms with Crippen molar-refractivity contribution in [3.05, 3.63) is 119 Å². The maximum Gasteiger partial charge on any atom is 0.252 e. The first-order valence-electron chi connectivity index (χ1n) is 15.8. The normalized spacial score (nSPS) is 19.1. The van der Waals surface area contributed by atoms with E-state index in [1.807, 2.05) is 54.6 Å². The van der Waals surface area contributed by atoms with Crippen LogP contribution in [-0.2, 0) is 9.59 Å². The number of fused-ring (bicyclic) bond motifs is 1. The van der Waals surface area contributed by atoms with E-state index in [0.29, 0.717) is 12.1 Å². The molecule has 1 saturated heterocycles. The van der Waals surface area contributed by atoms with Crippen LogP contribution in [0.5, 0.6) is 0 Å². The summed E-state index contributed by atoms with van der Waals surface area (Å²) >= 11 is 0. The first kappa shape index (κ1) is 29.9. The maximum absolute atomic E-state index is 13.9. The van der Waals surface area contributed by atoms with Crippen molar-refractivity contribution in [2.75, 3.05) is 29.9 Å². The van der Waals surface area contributed by atoms with E-state index >= 15 is 0 Å². The van der Waals surface area contributed by atoms with Crippen LogP contribution in [0.25, 0.3) is 0 Å². The summed E-state index contributed by atoms with van der Waals surface area (Å²) in [5.41, 5.74) is 4.38. The first-order chi connectivity index (χ1) is 21.5.